The molecule has 0 saturated heterocycles. The molecule has 0 spiro atoms. The van der Waals surface area contributed by atoms with E-state index in [1.54, 1.807) is 7.11 Å². The highest BCUT2D eigenvalue weighted by atomic mass is 35.5. The number of aryl methyl sites for hydroxylation is 1. The van der Waals surface area contributed by atoms with Gasteiger partial charge in [0.05, 0.1) is 24.1 Å². The monoisotopic (exact) mass is 420 g/mol. The van der Waals surface area contributed by atoms with Gasteiger partial charge in [0, 0.05) is 33.8 Å². The number of hydrogen-bond acceptors (Lipinski definition) is 4. The summed E-state index contributed by atoms with van der Waals surface area (Å²) < 4.78 is 7.21. The van der Waals surface area contributed by atoms with E-state index in [-0.39, 0.29) is 5.41 Å². The highest BCUT2D eigenvalue weighted by Gasteiger charge is 2.23. The lowest BCUT2D eigenvalue weighted by Crippen LogP contribution is -2.16. The molecule has 0 fully saturated rings. The maximum Gasteiger partial charge on any atom is 0.165 e. The number of aromatic nitrogens is 3. The van der Waals surface area contributed by atoms with Gasteiger partial charge in [-0.25, -0.2) is 4.98 Å². The Labute approximate surface area is 181 Å². The van der Waals surface area contributed by atoms with Crippen molar-refractivity contribution in [3.05, 3.63) is 71.0 Å². The molecule has 5 nitrogen and oxygen atoms in total. The average molecular weight is 421 g/mol. The molecule has 0 amide bonds. The van der Waals surface area contributed by atoms with Gasteiger partial charge in [0.1, 0.15) is 11.6 Å². The van der Waals surface area contributed by atoms with Crippen LogP contribution in [0, 0.1) is 6.92 Å². The lowest BCUT2D eigenvalue weighted by molar-refractivity contribution is 0.415. The first-order valence-electron chi connectivity index (χ1n) is 9.85. The Kier molecular flexibility index (Phi) is 5.16. The van der Waals surface area contributed by atoms with E-state index in [0.717, 1.165) is 45.4 Å². The summed E-state index contributed by atoms with van der Waals surface area (Å²) in [5.41, 5.74) is 5.26. The topological polar surface area (TPSA) is 51.5 Å². The molecule has 0 aliphatic rings. The molecule has 0 radical (unpaired) electrons. The number of nitrogens with one attached hydrogen (secondary N) is 1. The quantitative estimate of drug-likeness (QED) is 0.414. The molecule has 2 aromatic heterocycles. The second-order valence-corrected chi connectivity index (χ2v) is 8.72. The molecular formula is C24H25ClN4O. The zero-order chi connectivity index (χ0) is 21.5. The predicted octanol–water partition coefficient (Wildman–Crippen LogP) is 6.41. The zero-order valence-electron chi connectivity index (χ0n) is 17.8. The summed E-state index contributed by atoms with van der Waals surface area (Å²) in [5.74, 6) is 1.62. The number of rotatable bonds is 4. The van der Waals surface area contributed by atoms with Crippen LogP contribution in [0.2, 0.25) is 5.02 Å². The number of methoxy groups -OCH3 is 1. The van der Waals surface area contributed by atoms with E-state index in [9.17, 15) is 0 Å². The molecule has 0 saturated carbocycles. The minimum Gasteiger partial charge on any atom is -0.497 e. The average Bonchev–Trinajstić information content (AvgIpc) is 3.04. The second-order valence-electron chi connectivity index (χ2n) is 8.31. The highest BCUT2D eigenvalue weighted by Crippen LogP contribution is 2.36. The predicted molar refractivity (Wildman–Crippen MR) is 123 cm³/mol. The maximum absolute atomic E-state index is 6.53. The van der Waals surface area contributed by atoms with E-state index >= 15 is 0 Å². The largest absolute Gasteiger partial charge is 0.497 e. The summed E-state index contributed by atoms with van der Waals surface area (Å²) in [7, 11) is 1.66. The Balaban J connectivity index is 1.96. The fourth-order valence-electron chi connectivity index (χ4n) is 3.42. The van der Waals surface area contributed by atoms with E-state index in [1.807, 2.05) is 60.0 Å². The molecule has 4 rings (SSSR count). The van der Waals surface area contributed by atoms with Crippen LogP contribution in [-0.4, -0.2) is 21.7 Å². The molecule has 6 heteroatoms. The Morgan fingerprint density at radius 3 is 2.50 bits per heavy atom. The molecule has 30 heavy (non-hydrogen) atoms. The van der Waals surface area contributed by atoms with Crippen LogP contribution in [0.15, 0.2) is 54.6 Å². The van der Waals surface area contributed by atoms with E-state index in [4.69, 9.17) is 26.4 Å². The second kappa shape index (κ2) is 7.65. The van der Waals surface area contributed by atoms with E-state index in [2.05, 4.69) is 32.2 Å². The summed E-state index contributed by atoms with van der Waals surface area (Å²) in [6, 6.07) is 17.7. The van der Waals surface area contributed by atoms with Crippen molar-refractivity contribution < 1.29 is 4.74 Å². The summed E-state index contributed by atoms with van der Waals surface area (Å²) in [5, 5.41) is 8.96. The number of benzene rings is 2. The number of hydrogen-bond donors (Lipinski definition) is 1. The molecule has 0 aliphatic heterocycles. The Morgan fingerprint density at radius 1 is 1.03 bits per heavy atom. The van der Waals surface area contributed by atoms with Crippen molar-refractivity contribution in [3.63, 3.8) is 0 Å². The van der Waals surface area contributed by atoms with Gasteiger partial charge < -0.3 is 10.1 Å². The first-order chi connectivity index (χ1) is 14.3. The number of anilines is 2. The van der Waals surface area contributed by atoms with Crippen LogP contribution in [0.4, 0.5) is 11.5 Å². The van der Waals surface area contributed by atoms with Gasteiger partial charge in [-0.05, 0) is 25.1 Å². The first-order valence-corrected chi connectivity index (χ1v) is 10.2. The van der Waals surface area contributed by atoms with Crippen molar-refractivity contribution in [3.8, 4) is 16.9 Å². The van der Waals surface area contributed by atoms with Crippen LogP contribution in [0.25, 0.3) is 16.8 Å². The van der Waals surface area contributed by atoms with Crippen molar-refractivity contribution in [1.29, 1.82) is 0 Å². The van der Waals surface area contributed by atoms with Gasteiger partial charge in [-0.2, -0.15) is 9.61 Å². The van der Waals surface area contributed by atoms with Crippen molar-refractivity contribution >= 4 is 28.8 Å². The summed E-state index contributed by atoms with van der Waals surface area (Å²) in [6.45, 7) is 8.44. The van der Waals surface area contributed by atoms with Crippen LogP contribution >= 0.6 is 11.6 Å². The SMILES string of the molecule is COc1cccc(Nc2cc(C(C)(C)C)nc3c(-c4ccccc4Cl)c(C)nn23)c1. The number of ether oxygens (including phenoxy) is 1. The van der Waals surface area contributed by atoms with Crippen molar-refractivity contribution in [1.82, 2.24) is 14.6 Å². The maximum atomic E-state index is 6.53. The minimum atomic E-state index is -0.136. The Bertz CT molecular complexity index is 1220. The fraction of sp³-hybridized carbons (Fsp3) is 0.250. The van der Waals surface area contributed by atoms with E-state index in [1.165, 1.54) is 0 Å². The van der Waals surface area contributed by atoms with Crippen molar-refractivity contribution in [2.75, 3.05) is 12.4 Å². The normalized spacial score (nSPS) is 11.7. The van der Waals surface area contributed by atoms with Gasteiger partial charge in [0.25, 0.3) is 0 Å². The summed E-state index contributed by atoms with van der Waals surface area (Å²) in [4.78, 5) is 5.00. The van der Waals surface area contributed by atoms with Crippen LogP contribution in [0.3, 0.4) is 0 Å². The van der Waals surface area contributed by atoms with Gasteiger partial charge in [0.15, 0.2) is 5.65 Å². The minimum absolute atomic E-state index is 0.136. The molecule has 0 unspecified atom stereocenters. The van der Waals surface area contributed by atoms with Gasteiger partial charge in [-0.1, -0.05) is 56.6 Å². The molecule has 4 aromatic rings. The first kappa shape index (κ1) is 20.2. The van der Waals surface area contributed by atoms with E-state index < -0.39 is 0 Å². The molecule has 0 bridgehead atoms. The standard InChI is InChI=1S/C24H25ClN4O/c1-15-22(18-11-6-7-12-19(18)25)23-27-20(24(2,3)4)14-21(29(23)28-15)26-16-9-8-10-17(13-16)30-5/h6-14,26H,1-5H3. The highest BCUT2D eigenvalue weighted by molar-refractivity contribution is 6.33. The van der Waals surface area contributed by atoms with Gasteiger partial charge in [-0.3, -0.25) is 0 Å². The van der Waals surface area contributed by atoms with Crippen LogP contribution in [-0.2, 0) is 5.41 Å². The molecule has 0 atom stereocenters. The van der Waals surface area contributed by atoms with Crippen molar-refractivity contribution in [2.24, 2.45) is 0 Å². The summed E-state index contributed by atoms with van der Waals surface area (Å²) in [6.07, 6.45) is 0. The van der Waals surface area contributed by atoms with Crippen molar-refractivity contribution in [2.45, 2.75) is 33.1 Å². The number of fused-ring (bicyclic) bond motifs is 1. The van der Waals surface area contributed by atoms with E-state index in [0.29, 0.717) is 5.02 Å². The van der Waals surface area contributed by atoms with Crippen LogP contribution in [0.1, 0.15) is 32.2 Å². The zero-order valence-corrected chi connectivity index (χ0v) is 18.6. The molecule has 0 aliphatic carbocycles. The molecule has 2 aromatic carbocycles. The van der Waals surface area contributed by atoms with Crippen LogP contribution < -0.4 is 10.1 Å². The third-order valence-corrected chi connectivity index (χ3v) is 5.35. The number of halogens is 1. The third-order valence-electron chi connectivity index (χ3n) is 5.02. The smallest absolute Gasteiger partial charge is 0.165 e. The fourth-order valence-corrected chi connectivity index (χ4v) is 3.65. The van der Waals surface area contributed by atoms with Gasteiger partial charge in [-0.15, -0.1) is 0 Å². The Morgan fingerprint density at radius 2 is 1.80 bits per heavy atom. The van der Waals surface area contributed by atoms with Gasteiger partial charge >= 0.3 is 0 Å². The summed E-state index contributed by atoms with van der Waals surface area (Å²) >= 11 is 6.53. The van der Waals surface area contributed by atoms with Gasteiger partial charge in [0.2, 0.25) is 0 Å². The number of nitrogens with zero attached hydrogens (tertiary/aromatic N) is 3. The molecular weight excluding hydrogens is 396 g/mol. The molecule has 1 N–H and O–H groups in total. The molecule has 2 heterocycles. The third kappa shape index (κ3) is 3.73. The lowest BCUT2D eigenvalue weighted by atomic mass is 9.92. The molecule has 154 valence electrons. The lowest BCUT2D eigenvalue weighted by Gasteiger charge is -2.20. The van der Waals surface area contributed by atoms with Crippen LogP contribution in [0.5, 0.6) is 5.75 Å². The Hall–Kier alpha value is -3.05.